The molecule has 0 saturated carbocycles. The summed E-state index contributed by atoms with van der Waals surface area (Å²) in [5, 5.41) is 0. The van der Waals surface area contributed by atoms with Crippen LogP contribution in [-0.4, -0.2) is 0 Å². The van der Waals surface area contributed by atoms with Gasteiger partial charge in [-0.25, -0.2) is 0 Å². The van der Waals surface area contributed by atoms with Crippen molar-refractivity contribution in [2.45, 2.75) is 6.92 Å². The van der Waals surface area contributed by atoms with Crippen molar-refractivity contribution in [3.8, 4) is 0 Å². The molecular weight excluding hydrogens is 215 g/mol. The maximum atomic E-state index is 6.75. The topological polar surface area (TPSA) is 58.7 Å². The molecule has 0 N–H and O–H groups in total. The fourth-order valence-electron chi connectivity index (χ4n) is 0.470. The minimum atomic E-state index is 0. The first kappa shape index (κ1) is 13.2. The average molecular weight is 222 g/mol. The Hall–Kier alpha value is -0.366. The summed E-state index contributed by atoms with van der Waals surface area (Å²) in [4.78, 5) is 1.50. The summed E-state index contributed by atoms with van der Waals surface area (Å²) in [6.45, 7) is 2.06. The van der Waals surface area contributed by atoms with Gasteiger partial charge in [-0.3, -0.25) is 4.91 Å². The van der Waals surface area contributed by atoms with E-state index in [1.807, 2.05) is 24.3 Å². The Bertz CT molecular complexity index is 204. The summed E-state index contributed by atoms with van der Waals surface area (Å²) in [7, 11) is 0. The zero-order chi connectivity index (χ0) is 7.82. The predicted octanol–water partition coefficient (Wildman–Crippen LogP) is 2.66. The van der Waals surface area contributed by atoms with Gasteiger partial charge in [-0.2, -0.15) is 35.9 Å². The van der Waals surface area contributed by atoms with Crippen LogP contribution >= 0.6 is 0 Å². The van der Waals surface area contributed by atoms with Gasteiger partial charge in [-0.1, -0.05) is 6.92 Å². The number of hydrogen-bond donors (Lipinski definition) is 0. The van der Waals surface area contributed by atoms with E-state index < -0.39 is 0 Å². The molecule has 0 unspecified atom stereocenters. The third kappa shape index (κ3) is 9.63. The number of rotatable bonds is 0. The maximum absolute atomic E-state index is 6.75. The van der Waals surface area contributed by atoms with E-state index in [2.05, 4.69) is 13.0 Å². The van der Waals surface area contributed by atoms with Crippen LogP contribution in [0, 0.1) is 13.0 Å². The smallest absolute Gasteiger partial charge is 0 e. The quantitative estimate of drug-likeness (QED) is 0.280. The third-order valence-electron chi connectivity index (χ3n) is 0.885. The molecule has 0 saturated heterocycles. The minimum absolute atomic E-state index is 0. The van der Waals surface area contributed by atoms with Crippen LogP contribution in [0.1, 0.15) is 5.56 Å². The molecule has 0 spiro atoms. The molecule has 0 fully saturated rings. The van der Waals surface area contributed by atoms with Crippen molar-refractivity contribution in [1.82, 2.24) is 0 Å². The van der Waals surface area contributed by atoms with Crippen molar-refractivity contribution in [2.24, 2.45) is 0 Å². The number of aryl methyl sites for hydroxylation is 1. The molecule has 1 aromatic rings. The van der Waals surface area contributed by atoms with Crippen molar-refractivity contribution >= 4 is 0 Å². The van der Waals surface area contributed by atoms with Gasteiger partial charge in [-0.05, 0) is 0 Å². The summed E-state index contributed by atoms with van der Waals surface area (Å²) in [5.74, 6) is 0. The van der Waals surface area contributed by atoms with E-state index in [1.54, 1.807) is 0 Å². The first-order valence-corrected chi connectivity index (χ1v) is 2.72. The van der Waals surface area contributed by atoms with E-state index in [0.717, 1.165) is 0 Å². The van der Waals surface area contributed by atoms with E-state index in [-0.39, 0.29) is 32.7 Å². The molecule has 1 aromatic carbocycles. The van der Waals surface area contributed by atoms with Crippen LogP contribution in [0.15, 0.2) is 24.3 Å². The zero-order valence-corrected chi connectivity index (χ0v) is 9.07. The van der Waals surface area contributed by atoms with Gasteiger partial charge in [0.2, 0.25) is 0 Å². The zero-order valence-electron chi connectivity index (χ0n) is 6.23. The van der Waals surface area contributed by atoms with Crippen LogP contribution in [0.25, 0.3) is 16.0 Å². The van der Waals surface area contributed by atoms with Gasteiger partial charge in [0.15, 0.2) is 0 Å². The Morgan fingerprint density at radius 2 is 1.64 bits per heavy atom. The van der Waals surface area contributed by atoms with Crippen molar-refractivity contribution < 1.29 is 32.7 Å². The van der Waals surface area contributed by atoms with Crippen LogP contribution in [0.2, 0.25) is 0 Å². The van der Waals surface area contributed by atoms with Crippen LogP contribution in [0.4, 0.5) is 0 Å². The minimum Gasteiger partial charge on any atom is -0.373 e. The van der Waals surface area contributed by atoms with E-state index in [9.17, 15) is 0 Å². The van der Waals surface area contributed by atoms with Gasteiger partial charge in [0, 0.05) is 32.7 Å². The van der Waals surface area contributed by atoms with Crippen molar-refractivity contribution in [2.75, 3.05) is 0 Å². The standard InChI is InChI=1S/C7H7.N3.Y/c1-7-5-3-2-4-6-7;1-3-2;/h3-6H,1H3;;/q2*-1;. The Morgan fingerprint density at radius 1 is 1.27 bits per heavy atom. The second-order valence-corrected chi connectivity index (χ2v) is 1.67. The molecule has 3 nitrogen and oxygen atoms in total. The Kier molecular flexibility index (Phi) is 11.6. The van der Waals surface area contributed by atoms with Gasteiger partial charge in [0.25, 0.3) is 0 Å². The molecule has 0 amide bonds. The number of benzene rings is 1. The summed E-state index contributed by atoms with van der Waals surface area (Å²) >= 11 is 0. The summed E-state index contributed by atoms with van der Waals surface area (Å²) in [6.07, 6.45) is 0. The molecule has 0 aliphatic heterocycles. The monoisotopic (exact) mass is 222 g/mol. The van der Waals surface area contributed by atoms with Gasteiger partial charge in [0.1, 0.15) is 0 Å². The normalized spacial score (nSPS) is 6.27. The largest absolute Gasteiger partial charge is 0.373 e. The van der Waals surface area contributed by atoms with Gasteiger partial charge in [-0.15, -0.1) is 0 Å². The van der Waals surface area contributed by atoms with Gasteiger partial charge in [0.05, 0.1) is 0 Å². The molecule has 1 rings (SSSR count). The number of nitrogens with zero attached hydrogens (tertiary/aromatic N) is 3. The predicted molar refractivity (Wildman–Crippen MR) is 40.1 cm³/mol. The second-order valence-electron chi connectivity index (χ2n) is 1.67. The summed E-state index contributed by atoms with van der Waals surface area (Å²) in [6, 6.07) is 10.8. The van der Waals surface area contributed by atoms with Crippen LogP contribution in [0.3, 0.4) is 0 Å². The first-order chi connectivity index (χ1) is 4.81. The molecule has 55 valence electrons. The van der Waals surface area contributed by atoms with Crippen molar-refractivity contribution in [3.05, 3.63) is 51.9 Å². The summed E-state index contributed by atoms with van der Waals surface area (Å²) < 4.78 is 0. The molecule has 11 heavy (non-hydrogen) atoms. The van der Waals surface area contributed by atoms with Crippen molar-refractivity contribution in [1.29, 1.82) is 0 Å². The fraction of sp³-hybridized carbons (Fsp3) is 0.143. The van der Waals surface area contributed by atoms with Gasteiger partial charge < -0.3 is 11.1 Å². The fourth-order valence-corrected chi connectivity index (χ4v) is 0.470. The van der Waals surface area contributed by atoms with Crippen LogP contribution in [-0.2, 0) is 32.7 Å². The van der Waals surface area contributed by atoms with E-state index in [4.69, 9.17) is 11.1 Å². The molecule has 0 heterocycles. The van der Waals surface area contributed by atoms with E-state index in [0.29, 0.717) is 0 Å². The molecule has 0 aliphatic carbocycles. The Morgan fingerprint density at radius 3 is 1.82 bits per heavy atom. The molecule has 0 atom stereocenters. The van der Waals surface area contributed by atoms with Crippen molar-refractivity contribution in [3.63, 3.8) is 0 Å². The first-order valence-electron chi connectivity index (χ1n) is 2.72. The second kappa shape index (κ2) is 9.63. The Labute approximate surface area is 91.1 Å². The van der Waals surface area contributed by atoms with Crippen LogP contribution < -0.4 is 0 Å². The summed E-state index contributed by atoms with van der Waals surface area (Å²) in [5.41, 5.74) is 14.8. The molecule has 0 bridgehead atoms. The molecule has 0 aromatic heterocycles. The van der Waals surface area contributed by atoms with E-state index >= 15 is 0 Å². The average Bonchev–Trinajstić information content (AvgIpc) is 1.91. The molecule has 1 radical (unpaired) electrons. The van der Waals surface area contributed by atoms with Crippen LogP contribution in [0.5, 0.6) is 0 Å². The Balaban J connectivity index is 0. The van der Waals surface area contributed by atoms with Gasteiger partial charge >= 0.3 is 0 Å². The van der Waals surface area contributed by atoms with E-state index in [1.165, 1.54) is 10.5 Å². The maximum Gasteiger partial charge on any atom is 0 e. The SMILES string of the molecule is Cc1cc[c-]cc1.[N-]=[N+]=[N-].[Y]. The number of hydrogen-bond acceptors (Lipinski definition) is 0. The molecule has 4 heteroatoms. The molecule has 0 aliphatic rings. The molecular formula is C7H7N3Y-2. The third-order valence-corrected chi connectivity index (χ3v) is 0.885.